The van der Waals surface area contributed by atoms with Crippen molar-refractivity contribution in [2.45, 2.75) is 40.5 Å². The zero-order valence-corrected chi connectivity index (χ0v) is 19.1. The molecule has 1 saturated heterocycles. The van der Waals surface area contributed by atoms with Crippen LogP contribution in [-0.4, -0.2) is 93.0 Å². The molecule has 0 aliphatic carbocycles. The van der Waals surface area contributed by atoms with Crippen LogP contribution >= 0.6 is 0 Å². The Morgan fingerprint density at radius 3 is 1.16 bits per heavy atom. The summed E-state index contributed by atoms with van der Waals surface area (Å²) in [5, 5.41) is 0. The van der Waals surface area contributed by atoms with Gasteiger partial charge in [-0.3, -0.25) is 29.0 Å². The van der Waals surface area contributed by atoms with Crippen LogP contribution in [0.2, 0.25) is 0 Å². The van der Waals surface area contributed by atoms with Crippen LogP contribution in [0, 0.1) is 11.8 Å². The zero-order valence-electron chi connectivity index (χ0n) is 19.1. The van der Waals surface area contributed by atoms with Gasteiger partial charge in [0.1, 0.15) is 0 Å². The Balaban J connectivity index is 2.55. The number of carbonyl (C=O) groups is 4. The van der Waals surface area contributed by atoms with Gasteiger partial charge >= 0.3 is 23.9 Å². The summed E-state index contributed by atoms with van der Waals surface area (Å²) in [5.41, 5.74) is 0. The van der Waals surface area contributed by atoms with Gasteiger partial charge in [-0.2, -0.15) is 0 Å². The smallest absolute Gasteiger partial charge is 0.320 e. The largest absolute Gasteiger partial charge is 0.465 e. The van der Waals surface area contributed by atoms with Crippen molar-refractivity contribution >= 4 is 23.9 Å². The van der Waals surface area contributed by atoms with E-state index in [9.17, 15) is 19.2 Å². The normalized spacial score (nSPS) is 14.6. The molecule has 178 valence electrons. The van der Waals surface area contributed by atoms with Crippen molar-refractivity contribution in [3.05, 3.63) is 0 Å². The summed E-state index contributed by atoms with van der Waals surface area (Å²) in [5.74, 6) is -4.14. The van der Waals surface area contributed by atoms with Gasteiger partial charge in [0.2, 0.25) is 0 Å². The molecule has 1 fully saturated rings. The van der Waals surface area contributed by atoms with Crippen molar-refractivity contribution < 1.29 is 38.1 Å². The maximum absolute atomic E-state index is 12.1. The Morgan fingerprint density at radius 2 is 0.903 bits per heavy atom. The summed E-state index contributed by atoms with van der Waals surface area (Å²) < 4.78 is 20.0. The van der Waals surface area contributed by atoms with E-state index in [0.29, 0.717) is 32.6 Å². The summed E-state index contributed by atoms with van der Waals surface area (Å²) in [6.45, 7) is 10.7. The summed E-state index contributed by atoms with van der Waals surface area (Å²) in [6.07, 6.45) is 0.611. The third-order valence-electron chi connectivity index (χ3n) is 4.88. The molecule has 0 aromatic carbocycles. The molecule has 0 amide bonds. The van der Waals surface area contributed by atoms with Gasteiger partial charge in [0, 0.05) is 26.2 Å². The Hall–Kier alpha value is -2.20. The van der Waals surface area contributed by atoms with Gasteiger partial charge in [0.05, 0.1) is 33.1 Å². The minimum atomic E-state index is -0.939. The average Bonchev–Trinajstić information content (AvgIpc) is 3.17. The van der Waals surface area contributed by atoms with Crippen LogP contribution in [0.4, 0.5) is 0 Å². The predicted octanol–water partition coefficient (Wildman–Crippen LogP) is 0.827. The van der Waals surface area contributed by atoms with Gasteiger partial charge in [-0.05, 0) is 40.5 Å². The van der Waals surface area contributed by atoms with Gasteiger partial charge in [-0.25, -0.2) is 0 Å². The molecule has 1 aliphatic heterocycles. The first kappa shape index (κ1) is 26.8. The quantitative estimate of drug-likeness (QED) is 0.217. The Kier molecular flexibility index (Phi) is 12.8. The molecule has 0 bridgehead atoms. The average molecular weight is 445 g/mol. The lowest BCUT2D eigenvalue weighted by molar-refractivity contribution is -0.163. The Bertz CT molecular complexity index is 512. The molecule has 10 nitrogen and oxygen atoms in total. The monoisotopic (exact) mass is 444 g/mol. The summed E-state index contributed by atoms with van der Waals surface area (Å²) in [6, 6.07) is 0. The first-order chi connectivity index (χ1) is 14.9. The lowest BCUT2D eigenvalue weighted by atomic mass is 10.1. The van der Waals surface area contributed by atoms with E-state index in [1.54, 1.807) is 27.7 Å². The lowest BCUT2D eigenvalue weighted by Crippen LogP contribution is -2.35. The van der Waals surface area contributed by atoms with Crippen molar-refractivity contribution in [1.82, 2.24) is 9.80 Å². The van der Waals surface area contributed by atoms with E-state index >= 15 is 0 Å². The first-order valence-electron chi connectivity index (χ1n) is 11.0. The standard InChI is InChI=1S/C21H36N2O8/c1-5-28-18(24)16(19(25)29-6-2)9-11-22-13-14-23(15-22)12-10-17(20(26)30-7-3)21(27)31-8-4/h16-17H,5-15H2,1-4H3. The number of hydrogen-bond acceptors (Lipinski definition) is 10. The predicted molar refractivity (Wildman–Crippen MR) is 111 cm³/mol. The van der Waals surface area contributed by atoms with E-state index in [1.165, 1.54) is 0 Å². The number of hydrogen-bond donors (Lipinski definition) is 0. The minimum Gasteiger partial charge on any atom is -0.465 e. The molecule has 1 aliphatic rings. The van der Waals surface area contributed by atoms with E-state index in [-0.39, 0.29) is 26.4 Å². The highest BCUT2D eigenvalue weighted by molar-refractivity contribution is 5.95. The van der Waals surface area contributed by atoms with Crippen molar-refractivity contribution in [2.75, 3.05) is 59.3 Å². The van der Waals surface area contributed by atoms with Crippen LogP contribution in [0.3, 0.4) is 0 Å². The molecule has 0 spiro atoms. The molecule has 0 unspecified atom stereocenters. The van der Waals surface area contributed by atoms with Gasteiger partial charge in [0.15, 0.2) is 11.8 Å². The fraction of sp³-hybridized carbons (Fsp3) is 0.810. The van der Waals surface area contributed by atoms with Crippen LogP contribution in [0.15, 0.2) is 0 Å². The molecule has 0 N–H and O–H groups in total. The van der Waals surface area contributed by atoms with Crippen LogP contribution in [0.25, 0.3) is 0 Å². The van der Waals surface area contributed by atoms with Crippen molar-refractivity contribution in [1.29, 1.82) is 0 Å². The molecule has 0 aromatic heterocycles. The molecular weight excluding hydrogens is 408 g/mol. The highest BCUT2D eigenvalue weighted by Crippen LogP contribution is 2.16. The molecule has 10 heteroatoms. The number of rotatable bonds is 14. The van der Waals surface area contributed by atoms with E-state index < -0.39 is 35.7 Å². The fourth-order valence-corrected chi connectivity index (χ4v) is 3.33. The Labute approximate surface area is 184 Å². The summed E-state index contributed by atoms with van der Waals surface area (Å²) in [4.78, 5) is 52.6. The molecule has 0 atom stereocenters. The van der Waals surface area contributed by atoms with Crippen LogP contribution < -0.4 is 0 Å². The van der Waals surface area contributed by atoms with Gasteiger partial charge in [-0.1, -0.05) is 0 Å². The molecule has 0 radical (unpaired) electrons. The second-order valence-electron chi connectivity index (χ2n) is 7.07. The Morgan fingerprint density at radius 1 is 0.613 bits per heavy atom. The number of nitrogens with zero attached hydrogens (tertiary/aromatic N) is 2. The van der Waals surface area contributed by atoms with Gasteiger partial charge in [0.25, 0.3) is 0 Å². The van der Waals surface area contributed by atoms with Gasteiger partial charge in [-0.15, -0.1) is 0 Å². The number of carbonyl (C=O) groups excluding carboxylic acids is 4. The SMILES string of the molecule is CCOC(=O)C(CCN1CCN(CCC(C(=O)OCC)C(=O)OCC)C1)C(=O)OCC. The van der Waals surface area contributed by atoms with Crippen molar-refractivity contribution in [3.8, 4) is 0 Å². The minimum absolute atomic E-state index is 0.203. The van der Waals surface area contributed by atoms with Gasteiger partial charge < -0.3 is 18.9 Å². The van der Waals surface area contributed by atoms with E-state index in [4.69, 9.17) is 18.9 Å². The topological polar surface area (TPSA) is 112 Å². The summed E-state index contributed by atoms with van der Waals surface area (Å²) in [7, 11) is 0. The molecule has 1 rings (SSSR count). The zero-order chi connectivity index (χ0) is 23.2. The fourth-order valence-electron chi connectivity index (χ4n) is 3.33. The molecule has 0 saturated carbocycles. The van der Waals surface area contributed by atoms with Crippen LogP contribution in [0.5, 0.6) is 0 Å². The van der Waals surface area contributed by atoms with Crippen LogP contribution in [-0.2, 0) is 38.1 Å². The molecule has 1 heterocycles. The first-order valence-corrected chi connectivity index (χ1v) is 11.0. The number of ether oxygens (including phenoxy) is 4. The third-order valence-corrected chi connectivity index (χ3v) is 4.88. The van der Waals surface area contributed by atoms with Crippen LogP contribution in [0.1, 0.15) is 40.5 Å². The highest BCUT2D eigenvalue weighted by Gasteiger charge is 2.33. The highest BCUT2D eigenvalue weighted by atomic mass is 16.6. The lowest BCUT2D eigenvalue weighted by Gasteiger charge is -2.21. The second kappa shape index (κ2) is 14.7. The van der Waals surface area contributed by atoms with Crippen molar-refractivity contribution in [2.24, 2.45) is 11.8 Å². The van der Waals surface area contributed by atoms with E-state index in [2.05, 4.69) is 9.80 Å². The maximum Gasteiger partial charge on any atom is 0.320 e. The van der Waals surface area contributed by atoms with E-state index in [1.807, 2.05) is 0 Å². The van der Waals surface area contributed by atoms with Crippen molar-refractivity contribution in [3.63, 3.8) is 0 Å². The second-order valence-corrected chi connectivity index (χ2v) is 7.07. The molecule has 0 aromatic rings. The maximum atomic E-state index is 12.1. The molecule has 31 heavy (non-hydrogen) atoms. The number of esters is 4. The summed E-state index contributed by atoms with van der Waals surface area (Å²) >= 11 is 0. The van der Waals surface area contributed by atoms with E-state index in [0.717, 1.165) is 13.1 Å². The third kappa shape index (κ3) is 9.22. The molecular formula is C21H36N2O8.